The number of rotatable bonds is 6. The number of aryl methyl sites for hydroxylation is 1. The maximum atomic E-state index is 13.0. The Kier molecular flexibility index (Phi) is 6.53. The molecule has 2 amide bonds. The predicted molar refractivity (Wildman–Crippen MR) is 104 cm³/mol. The first-order valence-corrected chi connectivity index (χ1v) is 9.47. The van der Waals surface area contributed by atoms with Gasteiger partial charge in [-0.25, -0.2) is 0 Å². The summed E-state index contributed by atoms with van der Waals surface area (Å²) in [5.41, 5.74) is 2.22. The van der Waals surface area contributed by atoms with Crippen molar-refractivity contribution in [1.29, 1.82) is 0 Å². The molecule has 2 heterocycles. The number of halogens is 1. The summed E-state index contributed by atoms with van der Waals surface area (Å²) in [6.45, 7) is 5.61. The van der Waals surface area contributed by atoms with Gasteiger partial charge in [-0.15, -0.1) is 0 Å². The highest BCUT2D eigenvalue weighted by Gasteiger charge is 2.22. The molecule has 27 heavy (non-hydrogen) atoms. The molecule has 1 aromatic heterocycles. The summed E-state index contributed by atoms with van der Waals surface area (Å²) in [6.07, 6.45) is 3.31. The van der Waals surface area contributed by atoms with Crippen molar-refractivity contribution >= 4 is 23.4 Å². The van der Waals surface area contributed by atoms with Crippen LogP contribution >= 0.6 is 11.6 Å². The van der Waals surface area contributed by atoms with E-state index in [1.165, 1.54) is 6.26 Å². The van der Waals surface area contributed by atoms with Crippen LogP contribution in [0.15, 0.2) is 41.2 Å². The smallest absolute Gasteiger partial charge is 0.257 e. The third-order valence-electron chi connectivity index (χ3n) is 4.70. The quantitative estimate of drug-likeness (QED) is 0.825. The number of piperazine rings is 1. The molecule has 6 nitrogen and oxygen atoms in total. The van der Waals surface area contributed by atoms with Crippen LogP contribution in [-0.4, -0.2) is 54.3 Å². The second kappa shape index (κ2) is 9.06. The number of benzene rings is 1. The van der Waals surface area contributed by atoms with Crippen LogP contribution in [0.1, 0.15) is 27.9 Å². The van der Waals surface area contributed by atoms with Crippen LogP contribution < -0.4 is 5.32 Å². The highest BCUT2D eigenvalue weighted by molar-refractivity contribution is 6.30. The second-order valence-corrected chi connectivity index (χ2v) is 7.14. The highest BCUT2D eigenvalue weighted by atomic mass is 35.5. The molecule has 0 saturated carbocycles. The van der Waals surface area contributed by atoms with E-state index in [0.717, 1.165) is 24.2 Å². The summed E-state index contributed by atoms with van der Waals surface area (Å²) in [5.74, 6) is -0.0707. The Balaban J connectivity index is 1.71. The summed E-state index contributed by atoms with van der Waals surface area (Å²) >= 11 is 6.08. The minimum atomic E-state index is -0.144. The topological polar surface area (TPSA) is 65.8 Å². The molecule has 0 spiro atoms. The van der Waals surface area contributed by atoms with Gasteiger partial charge in [-0.1, -0.05) is 23.7 Å². The van der Waals surface area contributed by atoms with Gasteiger partial charge in [-0.2, -0.15) is 0 Å². The van der Waals surface area contributed by atoms with Crippen molar-refractivity contribution < 1.29 is 14.0 Å². The van der Waals surface area contributed by atoms with Gasteiger partial charge < -0.3 is 19.5 Å². The van der Waals surface area contributed by atoms with Gasteiger partial charge in [0.1, 0.15) is 6.26 Å². The Hall–Kier alpha value is -2.31. The van der Waals surface area contributed by atoms with E-state index in [-0.39, 0.29) is 11.8 Å². The van der Waals surface area contributed by atoms with Crippen LogP contribution in [0.25, 0.3) is 0 Å². The van der Waals surface area contributed by atoms with Crippen molar-refractivity contribution in [2.24, 2.45) is 0 Å². The summed E-state index contributed by atoms with van der Waals surface area (Å²) < 4.78 is 5.16. The molecule has 3 rings (SSSR count). The van der Waals surface area contributed by atoms with Crippen LogP contribution in [0.2, 0.25) is 5.02 Å². The summed E-state index contributed by atoms with van der Waals surface area (Å²) in [6, 6.07) is 7.41. The zero-order valence-corrected chi connectivity index (χ0v) is 16.2. The first-order valence-electron chi connectivity index (χ1n) is 9.09. The average molecular weight is 390 g/mol. The maximum absolute atomic E-state index is 13.0. The van der Waals surface area contributed by atoms with Crippen molar-refractivity contribution in [3.8, 4) is 0 Å². The fraction of sp³-hybridized carbons (Fsp3) is 0.400. The van der Waals surface area contributed by atoms with Crippen LogP contribution in [0, 0.1) is 6.92 Å². The third-order valence-corrected chi connectivity index (χ3v) is 4.94. The van der Waals surface area contributed by atoms with Crippen LogP contribution in [-0.2, 0) is 11.3 Å². The second-order valence-electron chi connectivity index (χ2n) is 6.71. The predicted octanol–water partition coefficient (Wildman–Crippen LogP) is 2.71. The number of carbonyl (C=O) groups excluding carboxylic acids is 2. The van der Waals surface area contributed by atoms with Gasteiger partial charge in [-0.3, -0.25) is 9.59 Å². The zero-order chi connectivity index (χ0) is 19.2. The molecule has 0 aliphatic carbocycles. The Morgan fingerprint density at radius 3 is 2.70 bits per heavy atom. The number of amides is 2. The van der Waals surface area contributed by atoms with E-state index in [9.17, 15) is 9.59 Å². The normalized spacial score (nSPS) is 14.2. The zero-order valence-electron chi connectivity index (χ0n) is 15.4. The van der Waals surface area contributed by atoms with Crippen LogP contribution in [0.4, 0.5) is 0 Å². The molecular formula is C20H24ClN3O3. The average Bonchev–Trinajstić information content (AvgIpc) is 3.11. The lowest BCUT2D eigenvalue weighted by molar-refractivity contribution is -0.132. The van der Waals surface area contributed by atoms with Crippen molar-refractivity contribution in [2.75, 3.05) is 32.7 Å². The van der Waals surface area contributed by atoms with Crippen LogP contribution in [0.3, 0.4) is 0 Å². The number of nitrogens with one attached hydrogen (secondary N) is 1. The lowest BCUT2D eigenvalue weighted by atomic mass is 10.1. The van der Waals surface area contributed by atoms with E-state index in [4.69, 9.17) is 16.0 Å². The molecule has 1 N–H and O–H groups in total. The fourth-order valence-corrected chi connectivity index (χ4v) is 3.37. The molecule has 2 aromatic rings. The molecule has 1 fully saturated rings. The van der Waals surface area contributed by atoms with Crippen molar-refractivity contribution in [1.82, 2.24) is 15.1 Å². The highest BCUT2D eigenvalue weighted by Crippen LogP contribution is 2.17. The monoisotopic (exact) mass is 389 g/mol. The molecule has 0 atom stereocenters. The lowest BCUT2D eigenvalue weighted by Gasteiger charge is -2.29. The van der Waals surface area contributed by atoms with Crippen LogP contribution in [0.5, 0.6) is 0 Å². The van der Waals surface area contributed by atoms with E-state index in [0.29, 0.717) is 43.2 Å². The van der Waals surface area contributed by atoms with E-state index in [1.807, 2.05) is 30.0 Å². The number of carbonyl (C=O) groups is 2. The minimum Gasteiger partial charge on any atom is -0.471 e. The lowest BCUT2D eigenvalue weighted by Crippen LogP contribution is -2.47. The van der Waals surface area contributed by atoms with E-state index >= 15 is 0 Å². The van der Waals surface area contributed by atoms with Gasteiger partial charge in [0.15, 0.2) is 0 Å². The van der Waals surface area contributed by atoms with Gasteiger partial charge >= 0.3 is 0 Å². The molecular weight excluding hydrogens is 366 g/mol. The molecule has 7 heteroatoms. The van der Waals surface area contributed by atoms with E-state index in [2.05, 4.69) is 5.32 Å². The summed E-state index contributed by atoms with van der Waals surface area (Å²) in [5, 5.41) is 3.86. The fourth-order valence-electron chi connectivity index (χ4n) is 3.16. The van der Waals surface area contributed by atoms with Gasteiger partial charge in [0.2, 0.25) is 5.91 Å². The first-order chi connectivity index (χ1) is 13.0. The third kappa shape index (κ3) is 5.11. The molecule has 144 valence electrons. The van der Waals surface area contributed by atoms with Crippen molar-refractivity contribution in [3.05, 3.63) is 58.5 Å². The first kappa shape index (κ1) is 19.5. The Bertz CT molecular complexity index is 799. The van der Waals surface area contributed by atoms with E-state index < -0.39 is 0 Å². The maximum Gasteiger partial charge on any atom is 0.257 e. The molecule has 1 saturated heterocycles. The molecule has 1 aliphatic heterocycles. The number of hydrogen-bond acceptors (Lipinski definition) is 4. The summed E-state index contributed by atoms with van der Waals surface area (Å²) in [7, 11) is 0. The van der Waals surface area contributed by atoms with Crippen molar-refractivity contribution in [3.63, 3.8) is 0 Å². The van der Waals surface area contributed by atoms with Gasteiger partial charge in [0.05, 0.1) is 11.8 Å². The Labute approximate surface area is 164 Å². The Morgan fingerprint density at radius 2 is 2.04 bits per heavy atom. The molecule has 1 aromatic carbocycles. The minimum absolute atomic E-state index is 0.0734. The largest absolute Gasteiger partial charge is 0.471 e. The van der Waals surface area contributed by atoms with Crippen molar-refractivity contribution in [2.45, 2.75) is 19.9 Å². The Morgan fingerprint density at radius 1 is 1.26 bits per heavy atom. The van der Waals surface area contributed by atoms with E-state index in [1.54, 1.807) is 17.2 Å². The number of nitrogens with zero attached hydrogens (tertiary/aromatic N) is 2. The molecule has 1 aliphatic rings. The SMILES string of the molecule is Cc1cocc1C(=O)N(CCC(=O)N1CCNCC1)Cc1cccc(Cl)c1. The van der Waals surface area contributed by atoms with Gasteiger partial charge in [-0.05, 0) is 30.2 Å². The molecule has 0 unspecified atom stereocenters. The standard InChI is InChI=1S/C20H24ClN3O3/c1-15-13-27-14-18(15)20(26)24(12-16-3-2-4-17(21)11-16)8-5-19(25)23-9-6-22-7-10-23/h2-4,11,13-14,22H,5-10,12H2,1H3. The number of furan rings is 1. The molecule has 0 radical (unpaired) electrons. The van der Waals surface area contributed by atoms with Gasteiger partial charge in [0, 0.05) is 50.7 Å². The summed E-state index contributed by atoms with van der Waals surface area (Å²) in [4.78, 5) is 29.0. The number of hydrogen-bond donors (Lipinski definition) is 1. The van der Waals surface area contributed by atoms with Gasteiger partial charge in [0.25, 0.3) is 5.91 Å². The molecule has 0 bridgehead atoms.